The Labute approximate surface area is 286 Å². The smallest absolute Gasteiger partial charge is 0.220 e. The lowest BCUT2D eigenvalue weighted by molar-refractivity contribution is -0.302. The molecule has 0 aromatic heterocycles. The lowest BCUT2D eigenvalue weighted by Gasteiger charge is -2.40. The SMILES string of the molecule is CCC/C=C\CCCCCCCC(=O)NC(COC1OC(CO)C(O)C(O)C1O)C(O)/C=C/CCCCCCCCCCCCCC. The van der Waals surface area contributed by atoms with Crippen LogP contribution < -0.4 is 5.32 Å². The second kappa shape index (κ2) is 29.6. The van der Waals surface area contributed by atoms with E-state index in [4.69, 9.17) is 9.47 Å². The van der Waals surface area contributed by atoms with Gasteiger partial charge in [-0.15, -0.1) is 0 Å². The fourth-order valence-electron chi connectivity index (χ4n) is 5.86. The molecule has 9 nitrogen and oxygen atoms in total. The molecule has 6 N–H and O–H groups in total. The number of allylic oxidation sites excluding steroid dienone is 3. The van der Waals surface area contributed by atoms with Crippen LogP contribution in [0, 0.1) is 0 Å². The first kappa shape index (κ1) is 43.7. The van der Waals surface area contributed by atoms with E-state index < -0.39 is 49.5 Å². The average Bonchev–Trinajstić information content (AvgIpc) is 3.07. The predicted molar refractivity (Wildman–Crippen MR) is 189 cm³/mol. The van der Waals surface area contributed by atoms with Crippen molar-refractivity contribution in [1.82, 2.24) is 5.32 Å². The molecule has 276 valence electrons. The van der Waals surface area contributed by atoms with Crippen molar-refractivity contribution in [3.8, 4) is 0 Å². The summed E-state index contributed by atoms with van der Waals surface area (Å²) in [6.07, 6.45) is 25.1. The van der Waals surface area contributed by atoms with E-state index in [2.05, 4.69) is 31.3 Å². The number of amides is 1. The lowest BCUT2D eigenvalue weighted by Crippen LogP contribution is -2.60. The van der Waals surface area contributed by atoms with Gasteiger partial charge in [-0.2, -0.15) is 0 Å². The number of unbranched alkanes of at least 4 members (excludes halogenated alkanes) is 18. The number of aliphatic hydroxyl groups is 5. The summed E-state index contributed by atoms with van der Waals surface area (Å²) >= 11 is 0. The van der Waals surface area contributed by atoms with Gasteiger partial charge in [0.05, 0.1) is 25.4 Å². The highest BCUT2D eigenvalue weighted by molar-refractivity contribution is 5.76. The van der Waals surface area contributed by atoms with Crippen molar-refractivity contribution in [1.29, 1.82) is 0 Å². The minimum absolute atomic E-state index is 0.190. The molecule has 0 spiro atoms. The van der Waals surface area contributed by atoms with E-state index in [9.17, 15) is 30.3 Å². The number of carbonyl (C=O) groups excluding carboxylic acids is 1. The zero-order chi connectivity index (χ0) is 34.5. The third kappa shape index (κ3) is 21.4. The van der Waals surface area contributed by atoms with Crippen molar-refractivity contribution in [2.45, 2.75) is 198 Å². The monoisotopic (exact) mass is 670 g/mol. The minimum Gasteiger partial charge on any atom is -0.394 e. The highest BCUT2D eigenvalue weighted by Gasteiger charge is 2.44. The van der Waals surface area contributed by atoms with E-state index in [1.807, 2.05) is 6.08 Å². The van der Waals surface area contributed by atoms with Crippen LogP contribution in [0.15, 0.2) is 24.3 Å². The van der Waals surface area contributed by atoms with Gasteiger partial charge >= 0.3 is 0 Å². The van der Waals surface area contributed by atoms with Crippen LogP contribution in [0.4, 0.5) is 0 Å². The molecule has 0 aromatic carbocycles. The predicted octanol–water partition coefficient (Wildman–Crippen LogP) is 6.38. The first-order valence-corrected chi connectivity index (χ1v) is 19.1. The van der Waals surface area contributed by atoms with Crippen LogP contribution in [0.1, 0.15) is 155 Å². The molecule has 1 fully saturated rings. The van der Waals surface area contributed by atoms with Crippen molar-refractivity contribution < 1.29 is 39.8 Å². The number of carbonyl (C=O) groups is 1. The summed E-state index contributed by atoms with van der Waals surface area (Å²) in [4.78, 5) is 12.8. The lowest BCUT2D eigenvalue weighted by atomic mass is 9.99. The zero-order valence-corrected chi connectivity index (χ0v) is 29.8. The maximum atomic E-state index is 12.8. The van der Waals surface area contributed by atoms with Crippen LogP contribution >= 0.6 is 0 Å². The summed E-state index contributed by atoms with van der Waals surface area (Å²) in [5.41, 5.74) is 0. The van der Waals surface area contributed by atoms with Crippen LogP contribution in [-0.2, 0) is 14.3 Å². The molecule has 0 radical (unpaired) electrons. The molecule has 7 unspecified atom stereocenters. The summed E-state index contributed by atoms with van der Waals surface area (Å²) in [5, 5.41) is 53.8. The average molecular weight is 670 g/mol. The molecular formula is C38H71NO8. The molecule has 1 aliphatic rings. The Kier molecular flexibility index (Phi) is 27.5. The van der Waals surface area contributed by atoms with E-state index in [1.54, 1.807) is 6.08 Å². The molecule has 9 heteroatoms. The summed E-state index contributed by atoms with van der Waals surface area (Å²) < 4.78 is 11.1. The highest BCUT2D eigenvalue weighted by Crippen LogP contribution is 2.22. The summed E-state index contributed by atoms with van der Waals surface area (Å²) in [6, 6.07) is -0.803. The van der Waals surface area contributed by atoms with E-state index >= 15 is 0 Å². The van der Waals surface area contributed by atoms with E-state index in [0.717, 1.165) is 64.2 Å². The number of hydrogen-bond acceptors (Lipinski definition) is 8. The third-order valence-electron chi connectivity index (χ3n) is 9.00. The third-order valence-corrected chi connectivity index (χ3v) is 9.00. The maximum Gasteiger partial charge on any atom is 0.220 e. The summed E-state index contributed by atoms with van der Waals surface area (Å²) in [5.74, 6) is -0.191. The topological polar surface area (TPSA) is 149 Å². The fraction of sp³-hybridized carbons (Fsp3) is 0.868. The normalized spacial score (nSPS) is 23.1. The van der Waals surface area contributed by atoms with E-state index in [1.165, 1.54) is 70.6 Å². The second-order valence-corrected chi connectivity index (χ2v) is 13.4. The Bertz CT molecular complexity index is 792. The molecule has 0 saturated carbocycles. The minimum atomic E-state index is -1.56. The molecule has 1 heterocycles. The molecule has 47 heavy (non-hydrogen) atoms. The van der Waals surface area contributed by atoms with E-state index in [-0.39, 0.29) is 12.5 Å². The molecule has 0 bridgehead atoms. The van der Waals surface area contributed by atoms with Gasteiger partial charge in [0.1, 0.15) is 24.4 Å². The van der Waals surface area contributed by atoms with Crippen LogP contribution in [0.5, 0.6) is 0 Å². The Morgan fingerprint density at radius 1 is 0.702 bits per heavy atom. The molecule has 1 aliphatic heterocycles. The molecule has 0 aromatic rings. The summed E-state index contributed by atoms with van der Waals surface area (Å²) in [7, 11) is 0. The quantitative estimate of drug-likeness (QED) is 0.0381. The molecular weight excluding hydrogens is 598 g/mol. The van der Waals surface area contributed by atoms with Gasteiger partial charge in [0, 0.05) is 6.42 Å². The standard InChI is InChI=1S/C38H71NO8/c1-3-5-7-9-11-13-15-16-17-18-19-21-23-25-27-32(41)31(30-46-38-37(45)36(44)35(43)33(29-40)47-38)39-34(42)28-26-24-22-20-14-12-10-8-6-4-2/h8,10,25,27,31-33,35-38,40-41,43-45H,3-7,9,11-24,26,28-30H2,1-2H3,(H,39,42)/b10-8-,27-25+. The van der Waals surface area contributed by atoms with Crippen molar-refractivity contribution in [3.63, 3.8) is 0 Å². The Morgan fingerprint density at radius 3 is 1.81 bits per heavy atom. The highest BCUT2D eigenvalue weighted by atomic mass is 16.7. The van der Waals surface area contributed by atoms with Gasteiger partial charge in [0.25, 0.3) is 0 Å². The summed E-state index contributed by atoms with van der Waals surface area (Å²) in [6.45, 7) is 3.67. The van der Waals surface area contributed by atoms with Crippen LogP contribution in [0.25, 0.3) is 0 Å². The number of nitrogens with one attached hydrogen (secondary N) is 1. The van der Waals surface area contributed by atoms with Crippen molar-refractivity contribution >= 4 is 5.91 Å². The van der Waals surface area contributed by atoms with Gasteiger partial charge in [0.2, 0.25) is 5.91 Å². The molecule has 0 aliphatic carbocycles. The van der Waals surface area contributed by atoms with Crippen molar-refractivity contribution in [3.05, 3.63) is 24.3 Å². The van der Waals surface area contributed by atoms with Gasteiger partial charge < -0.3 is 40.3 Å². The zero-order valence-electron chi connectivity index (χ0n) is 29.8. The number of ether oxygens (including phenoxy) is 2. The van der Waals surface area contributed by atoms with Crippen molar-refractivity contribution in [2.24, 2.45) is 0 Å². The Hall–Kier alpha value is -1.33. The number of hydrogen-bond donors (Lipinski definition) is 6. The first-order valence-electron chi connectivity index (χ1n) is 19.1. The molecule has 1 rings (SSSR count). The van der Waals surface area contributed by atoms with Gasteiger partial charge in [-0.05, 0) is 38.5 Å². The van der Waals surface area contributed by atoms with Gasteiger partial charge in [-0.25, -0.2) is 0 Å². The van der Waals surface area contributed by atoms with Crippen LogP contribution in [0.2, 0.25) is 0 Å². The maximum absolute atomic E-state index is 12.8. The fourth-order valence-corrected chi connectivity index (χ4v) is 5.86. The number of aliphatic hydroxyl groups excluding tert-OH is 5. The number of rotatable bonds is 30. The molecule has 1 amide bonds. The van der Waals surface area contributed by atoms with Gasteiger partial charge in [-0.1, -0.05) is 134 Å². The Balaban J connectivity index is 2.47. The van der Waals surface area contributed by atoms with Crippen molar-refractivity contribution in [2.75, 3.05) is 13.2 Å². The van der Waals surface area contributed by atoms with E-state index in [0.29, 0.717) is 6.42 Å². The largest absolute Gasteiger partial charge is 0.394 e. The second-order valence-electron chi connectivity index (χ2n) is 13.4. The molecule has 7 atom stereocenters. The first-order chi connectivity index (χ1) is 22.8. The Morgan fingerprint density at radius 2 is 1.23 bits per heavy atom. The van der Waals surface area contributed by atoms with Crippen LogP contribution in [-0.4, -0.2) is 87.5 Å². The molecule has 1 saturated heterocycles. The van der Waals surface area contributed by atoms with Crippen LogP contribution in [0.3, 0.4) is 0 Å². The van der Waals surface area contributed by atoms with Gasteiger partial charge in [-0.3, -0.25) is 4.79 Å². The van der Waals surface area contributed by atoms with Gasteiger partial charge in [0.15, 0.2) is 6.29 Å².